The van der Waals surface area contributed by atoms with Crippen molar-refractivity contribution in [2.24, 2.45) is 0 Å². The van der Waals surface area contributed by atoms with Gasteiger partial charge in [0.25, 0.3) is 0 Å². The van der Waals surface area contributed by atoms with E-state index in [4.69, 9.17) is 5.73 Å². The minimum absolute atomic E-state index is 0.300. The number of nitrogen functional groups attached to an aromatic ring is 1. The van der Waals surface area contributed by atoms with Gasteiger partial charge in [0.2, 0.25) is 10.0 Å². The molecule has 0 saturated carbocycles. The SMILES string of the molecule is Cc1cc(N)ccc1S(=O)(=O)NCCCCN(C)C. The van der Waals surface area contributed by atoms with Crippen molar-refractivity contribution in [2.75, 3.05) is 32.9 Å². The highest BCUT2D eigenvalue weighted by atomic mass is 32.2. The summed E-state index contributed by atoms with van der Waals surface area (Å²) in [5.41, 5.74) is 6.86. The highest BCUT2D eigenvalue weighted by Crippen LogP contribution is 2.17. The summed E-state index contributed by atoms with van der Waals surface area (Å²) in [4.78, 5) is 2.38. The van der Waals surface area contributed by atoms with E-state index in [1.165, 1.54) is 0 Å². The third-order valence-corrected chi connectivity index (χ3v) is 4.43. The van der Waals surface area contributed by atoms with Gasteiger partial charge in [-0.1, -0.05) is 0 Å². The lowest BCUT2D eigenvalue weighted by molar-refractivity contribution is 0.394. The number of sulfonamides is 1. The van der Waals surface area contributed by atoms with Crippen molar-refractivity contribution in [1.82, 2.24) is 9.62 Å². The van der Waals surface area contributed by atoms with E-state index in [2.05, 4.69) is 9.62 Å². The van der Waals surface area contributed by atoms with Gasteiger partial charge in [-0.2, -0.15) is 0 Å². The molecular formula is C13H23N3O2S. The number of benzene rings is 1. The van der Waals surface area contributed by atoms with Crippen LogP contribution in [0.5, 0.6) is 0 Å². The van der Waals surface area contributed by atoms with E-state index in [-0.39, 0.29) is 0 Å². The third kappa shape index (κ3) is 5.18. The first-order valence-corrected chi connectivity index (χ1v) is 7.82. The number of nitrogens with two attached hydrogens (primary N) is 1. The van der Waals surface area contributed by atoms with Crippen LogP contribution in [0.3, 0.4) is 0 Å². The summed E-state index contributed by atoms with van der Waals surface area (Å²) < 4.78 is 26.8. The summed E-state index contributed by atoms with van der Waals surface area (Å²) in [7, 11) is 0.576. The Balaban J connectivity index is 2.56. The van der Waals surface area contributed by atoms with Crippen LogP contribution in [0.15, 0.2) is 23.1 Å². The minimum atomic E-state index is -3.43. The number of anilines is 1. The van der Waals surface area contributed by atoms with Crippen molar-refractivity contribution < 1.29 is 8.42 Å². The molecule has 1 rings (SSSR count). The summed E-state index contributed by atoms with van der Waals surface area (Å²) in [5, 5.41) is 0. The molecule has 19 heavy (non-hydrogen) atoms. The maximum atomic E-state index is 12.1. The number of hydrogen-bond acceptors (Lipinski definition) is 4. The number of unbranched alkanes of at least 4 members (excludes halogenated alkanes) is 1. The quantitative estimate of drug-likeness (QED) is 0.583. The summed E-state index contributed by atoms with van der Waals surface area (Å²) in [6.07, 6.45) is 1.79. The molecule has 0 aliphatic carbocycles. The lowest BCUT2D eigenvalue weighted by Gasteiger charge is -2.11. The van der Waals surface area contributed by atoms with Gasteiger partial charge in [-0.15, -0.1) is 0 Å². The zero-order chi connectivity index (χ0) is 14.5. The second kappa shape index (κ2) is 6.88. The van der Waals surface area contributed by atoms with Crippen molar-refractivity contribution in [1.29, 1.82) is 0 Å². The summed E-state index contributed by atoms with van der Waals surface area (Å²) in [6.45, 7) is 3.17. The Morgan fingerprint density at radius 2 is 1.95 bits per heavy atom. The molecule has 6 heteroatoms. The van der Waals surface area contributed by atoms with Crippen molar-refractivity contribution in [3.05, 3.63) is 23.8 Å². The number of aryl methyl sites for hydroxylation is 1. The average Bonchev–Trinajstić information content (AvgIpc) is 2.27. The standard InChI is InChI=1S/C13H23N3O2S/c1-11-10-12(14)6-7-13(11)19(17,18)15-8-4-5-9-16(2)3/h6-7,10,15H,4-5,8-9,14H2,1-3H3. The van der Waals surface area contributed by atoms with Crippen LogP contribution in [0.1, 0.15) is 18.4 Å². The molecule has 0 amide bonds. The molecule has 1 aromatic carbocycles. The monoisotopic (exact) mass is 285 g/mol. The van der Waals surface area contributed by atoms with Gasteiger partial charge >= 0.3 is 0 Å². The van der Waals surface area contributed by atoms with Crippen LogP contribution >= 0.6 is 0 Å². The van der Waals surface area contributed by atoms with Crippen LogP contribution in [-0.4, -0.2) is 40.5 Å². The fourth-order valence-corrected chi connectivity index (χ4v) is 3.11. The Kier molecular flexibility index (Phi) is 5.78. The molecule has 5 nitrogen and oxygen atoms in total. The Bertz CT molecular complexity index is 513. The van der Waals surface area contributed by atoms with E-state index in [9.17, 15) is 8.42 Å². The van der Waals surface area contributed by atoms with Gasteiger partial charge in [-0.05, 0) is 64.2 Å². The fraction of sp³-hybridized carbons (Fsp3) is 0.538. The van der Waals surface area contributed by atoms with Crippen molar-refractivity contribution in [2.45, 2.75) is 24.7 Å². The van der Waals surface area contributed by atoms with Gasteiger partial charge < -0.3 is 10.6 Å². The first-order chi connectivity index (χ1) is 8.83. The van der Waals surface area contributed by atoms with Crippen molar-refractivity contribution >= 4 is 15.7 Å². The Morgan fingerprint density at radius 1 is 1.26 bits per heavy atom. The van der Waals surface area contributed by atoms with Gasteiger partial charge in [-0.3, -0.25) is 0 Å². The molecule has 0 unspecified atom stereocenters. The molecule has 0 saturated heterocycles. The van der Waals surface area contributed by atoms with Crippen molar-refractivity contribution in [3.63, 3.8) is 0 Å². The second-order valence-electron chi connectivity index (χ2n) is 4.93. The molecule has 0 aliphatic rings. The predicted molar refractivity (Wildman–Crippen MR) is 78.6 cm³/mol. The Hall–Kier alpha value is -1.11. The molecule has 0 bridgehead atoms. The summed E-state index contributed by atoms with van der Waals surface area (Å²) in [6, 6.07) is 4.82. The van der Waals surface area contributed by atoms with Crippen LogP contribution in [0, 0.1) is 6.92 Å². The van der Waals surface area contributed by atoms with Gasteiger partial charge in [0.15, 0.2) is 0 Å². The highest BCUT2D eigenvalue weighted by molar-refractivity contribution is 7.89. The highest BCUT2D eigenvalue weighted by Gasteiger charge is 2.15. The predicted octanol–water partition coefficient (Wildman–Crippen LogP) is 1.20. The normalized spacial score (nSPS) is 12.0. The summed E-state index contributed by atoms with van der Waals surface area (Å²) in [5.74, 6) is 0. The van der Waals surface area contributed by atoms with E-state index < -0.39 is 10.0 Å². The smallest absolute Gasteiger partial charge is 0.240 e. The molecule has 0 heterocycles. The minimum Gasteiger partial charge on any atom is -0.399 e. The van der Waals surface area contributed by atoms with Gasteiger partial charge in [0.05, 0.1) is 4.90 Å². The lowest BCUT2D eigenvalue weighted by atomic mass is 10.2. The average molecular weight is 285 g/mol. The van der Waals surface area contributed by atoms with E-state index in [1.54, 1.807) is 25.1 Å². The van der Waals surface area contributed by atoms with Crippen LogP contribution in [-0.2, 0) is 10.0 Å². The maximum Gasteiger partial charge on any atom is 0.240 e. The molecule has 0 fully saturated rings. The number of nitrogens with one attached hydrogen (secondary N) is 1. The van der Waals surface area contributed by atoms with Gasteiger partial charge in [-0.25, -0.2) is 13.1 Å². The van der Waals surface area contributed by atoms with Crippen LogP contribution in [0.4, 0.5) is 5.69 Å². The largest absolute Gasteiger partial charge is 0.399 e. The van der Waals surface area contributed by atoms with E-state index in [0.29, 0.717) is 22.7 Å². The van der Waals surface area contributed by atoms with Gasteiger partial charge in [0.1, 0.15) is 0 Å². The maximum absolute atomic E-state index is 12.1. The Morgan fingerprint density at radius 3 is 2.53 bits per heavy atom. The number of hydrogen-bond donors (Lipinski definition) is 2. The molecule has 0 spiro atoms. The molecule has 0 aliphatic heterocycles. The van der Waals surface area contributed by atoms with Gasteiger partial charge in [0, 0.05) is 12.2 Å². The third-order valence-electron chi connectivity index (χ3n) is 2.81. The molecule has 0 radical (unpaired) electrons. The Labute approximate surface area is 115 Å². The van der Waals surface area contributed by atoms with E-state index in [1.807, 2.05) is 14.1 Å². The first-order valence-electron chi connectivity index (χ1n) is 6.33. The van der Waals surface area contributed by atoms with E-state index >= 15 is 0 Å². The van der Waals surface area contributed by atoms with Crippen molar-refractivity contribution in [3.8, 4) is 0 Å². The lowest BCUT2D eigenvalue weighted by Crippen LogP contribution is -2.26. The molecule has 0 aromatic heterocycles. The fourth-order valence-electron chi connectivity index (χ4n) is 1.81. The summed E-state index contributed by atoms with van der Waals surface area (Å²) >= 11 is 0. The van der Waals surface area contributed by atoms with Crippen LogP contribution in [0.2, 0.25) is 0 Å². The zero-order valence-corrected chi connectivity index (χ0v) is 12.6. The zero-order valence-electron chi connectivity index (χ0n) is 11.8. The topological polar surface area (TPSA) is 75.4 Å². The molecule has 0 atom stereocenters. The first kappa shape index (κ1) is 15.9. The number of nitrogens with zero attached hydrogens (tertiary/aromatic N) is 1. The van der Waals surface area contributed by atoms with Crippen LogP contribution < -0.4 is 10.5 Å². The molecule has 3 N–H and O–H groups in total. The molecule has 1 aromatic rings. The number of rotatable bonds is 7. The molecule has 108 valence electrons. The van der Waals surface area contributed by atoms with Crippen LogP contribution in [0.25, 0.3) is 0 Å². The second-order valence-corrected chi connectivity index (χ2v) is 6.67. The molecular weight excluding hydrogens is 262 g/mol. The van der Waals surface area contributed by atoms with E-state index in [0.717, 1.165) is 19.4 Å².